The molecular formula is C24H22FN5O3. The zero-order valence-corrected chi connectivity index (χ0v) is 18.0. The van der Waals surface area contributed by atoms with Crippen LogP contribution < -0.4 is 11.1 Å². The van der Waals surface area contributed by atoms with Crippen LogP contribution in [0.5, 0.6) is 0 Å². The van der Waals surface area contributed by atoms with Crippen molar-refractivity contribution in [3.63, 3.8) is 0 Å². The number of nitrogen functional groups attached to an aromatic ring is 1. The summed E-state index contributed by atoms with van der Waals surface area (Å²) in [7, 11) is 0. The molecule has 4 N–H and O–H groups in total. The fourth-order valence-electron chi connectivity index (χ4n) is 3.58. The van der Waals surface area contributed by atoms with Crippen LogP contribution >= 0.6 is 0 Å². The molecule has 2 aromatic carbocycles. The van der Waals surface area contributed by atoms with Gasteiger partial charge >= 0.3 is 0 Å². The summed E-state index contributed by atoms with van der Waals surface area (Å²) >= 11 is 0. The summed E-state index contributed by atoms with van der Waals surface area (Å²) in [6.07, 6.45) is 1.50. The van der Waals surface area contributed by atoms with E-state index in [4.69, 9.17) is 10.3 Å². The van der Waals surface area contributed by atoms with E-state index < -0.39 is 17.8 Å². The van der Waals surface area contributed by atoms with Gasteiger partial charge in [-0.1, -0.05) is 41.6 Å². The highest BCUT2D eigenvalue weighted by Gasteiger charge is 2.20. The van der Waals surface area contributed by atoms with Gasteiger partial charge in [-0.05, 0) is 31.5 Å². The van der Waals surface area contributed by atoms with Gasteiger partial charge in [0, 0.05) is 5.56 Å². The van der Waals surface area contributed by atoms with Gasteiger partial charge in [-0.2, -0.15) is 0 Å². The van der Waals surface area contributed by atoms with Crippen molar-refractivity contribution in [1.29, 1.82) is 0 Å². The second kappa shape index (κ2) is 9.17. The van der Waals surface area contributed by atoms with E-state index in [1.807, 2.05) is 6.07 Å². The Morgan fingerprint density at radius 2 is 1.97 bits per heavy atom. The molecule has 4 rings (SSSR count). The van der Waals surface area contributed by atoms with E-state index in [0.29, 0.717) is 33.8 Å². The summed E-state index contributed by atoms with van der Waals surface area (Å²) in [4.78, 5) is 21.4. The molecule has 0 unspecified atom stereocenters. The minimum absolute atomic E-state index is 0.117. The number of nitrogens with one attached hydrogen (secondary N) is 1. The van der Waals surface area contributed by atoms with Crippen molar-refractivity contribution in [2.45, 2.75) is 19.9 Å². The lowest BCUT2D eigenvalue weighted by Gasteiger charge is -2.17. The molecule has 8 nitrogen and oxygen atoms in total. The third kappa shape index (κ3) is 4.44. The first kappa shape index (κ1) is 22.1. The van der Waals surface area contributed by atoms with E-state index in [0.717, 1.165) is 0 Å². The van der Waals surface area contributed by atoms with Crippen LogP contribution in [0.2, 0.25) is 0 Å². The molecule has 2 heterocycles. The molecule has 0 aliphatic rings. The molecule has 0 aliphatic carbocycles. The lowest BCUT2D eigenvalue weighted by molar-refractivity contribution is 0.0912. The van der Waals surface area contributed by atoms with Crippen molar-refractivity contribution < 1.29 is 18.8 Å². The van der Waals surface area contributed by atoms with Crippen molar-refractivity contribution >= 4 is 11.7 Å². The molecule has 0 bridgehead atoms. The zero-order valence-electron chi connectivity index (χ0n) is 18.0. The fraction of sp³-hybridized carbons (Fsp3) is 0.167. The predicted molar refractivity (Wildman–Crippen MR) is 121 cm³/mol. The number of halogens is 1. The molecule has 0 saturated heterocycles. The first-order valence-electron chi connectivity index (χ1n) is 10.2. The Bertz CT molecular complexity index is 1290. The molecule has 33 heavy (non-hydrogen) atoms. The van der Waals surface area contributed by atoms with Crippen LogP contribution in [0.25, 0.3) is 22.5 Å². The van der Waals surface area contributed by atoms with E-state index in [1.165, 1.54) is 18.3 Å². The summed E-state index contributed by atoms with van der Waals surface area (Å²) in [5.74, 6) is -0.705. The molecule has 0 spiro atoms. The van der Waals surface area contributed by atoms with Gasteiger partial charge in [-0.3, -0.25) is 4.79 Å². The smallest absolute Gasteiger partial charge is 0.254 e. The normalized spacial score (nSPS) is 11.9. The van der Waals surface area contributed by atoms with Crippen LogP contribution in [-0.2, 0) is 0 Å². The summed E-state index contributed by atoms with van der Waals surface area (Å²) in [6.45, 7) is 3.22. The van der Waals surface area contributed by atoms with E-state index >= 15 is 0 Å². The molecular weight excluding hydrogens is 425 g/mol. The van der Waals surface area contributed by atoms with Crippen molar-refractivity contribution in [3.8, 4) is 22.5 Å². The first-order valence-corrected chi connectivity index (χ1v) is 10.2. The van der Waals surface area contributed by atoms with Crippen molar-refractivity contribution in [1.82, 2.24) is 20.4 Å². The Hall–Kier alpha value is -4.11. The molecule has 2 aromatic heterocycles. The molecule has 0 saturated carbocycles. The number of nitrogens with zero attached hydrogens (tertiary/aromatic N) is 3. The summed E-state index contributed by atoms with van der Waals surface area (Å²) < 4.78 is 20.1. The van der Waals surface area contributed by atoms with Gasteiger partial charge in [0.25, 0.3) is 5.91 Å². The number of hydrogen-bond acceptors (Lipinski definition) is 7. The van der Waals surface area contributed by atoms with Crippen LogP contribution in [0, 0.1) is 19.7 Å². The van der Waals surface area contributed by atoms with Crippen LogP contribution in [0.3, 0.4) is 0 Å². The van der Waals surface area contributed by atoms with E-state index in [1.54, 1.807) is 44.2 Å². The summed E-state index contributed by atoms with van der Waals surface area (Å²) in [5, 5.41) is 16.2. The van der Waals surface area contributed by atoms with Crippen LogP contribution in [0.15, 0.2) is 59.3 Å². The standard InChI is InChI=1S/C24H22FN5O3/c1-13-21(14(2)33-30-13)19-11-27-23(26)22(28-19)16-8-9-17(18(25)10-16)24(32)29-20(12-31)15-6-4-3-5-7-15/h3-11,20,31H,12H2,1-2H3,(H2,26,27)(H,29,32)/t20-/m1/s1. The molecule has 9 heteroatoms. The van der Waals surface area contributed by atoms with E-state index in [-0.39, 0.29) is 23.7 Å². The Kier molecular flexibility index (Phi) is 6.14. The molecule has 4 aromatic rings. The van der Waals surface area contributed by atoms with Crippen molar-refractivity contribution in [2.24, 2.45) is 0 Å². The van der Waals surface area contributed by atoms with Crippen LogP contribution in [-0.4, -0.2) is 32.7 Å². The first-order chi connectivity index (χ1) is 15.9. The predicted octanol–water partition coefficient (Wildman–Crippen LogP) is 3.60. The maximum absolute atomic E-state index is 14.9. The van der Waals surface area contributed by atoms with Crippen LogP contribution in [0.4, 0.5) is 10.2 Å². The highest BCUT2D eigenvalue weighted by molar-refractivity contribution is 5.95. The SMILES string of the molecule is Cc1noc(C)c1-c1cnc(N)c(-c2ccc(C(=O)N[C@H](CO)c3ccccc3)c(F)c2)n1. The number of carbonyl (C=O) groups is 1. The largest absolute Gasteiger partial charge is 0.394 e. The van der Waals surface area contributed by atoms with Gasteiger partial charge in [0.1, 0.15) is 23.1 Å². The number of aliphatic hydroxyl groups is 1. The molecule has 0 fully saturated rings. The van der Waals surface area contributed by atoms with Gasteiger partial charge in [0.2, 0.25) is 0 Å². The second-order valence-corrected chi connectivity index (χ2v) is 7.50. The Balaban J connectivity index is 1.63. The maximum atomic E-state index is 14.9. The number of aryl methyl sites for hydroxylation is 2. The van der Waals surface area contributed by atoms with Crippen molar-refractivity contribution in [3.05, 3.63) is 83.1 Å². The third-order valence-corrected chi connectivity index (χ3v) is 5.27. The quantitative estimate of drug-likeness (QED) is 0.412. The topological polar surface area (TPSA) is 127 Å². The van der Waals surface area contributed by atoms with Gasteiger partial charge < -0.3 is 20.7 Å². The maximum Gasteiger partial charge on any atom is 0.254 e. The minimum Gasteiger partial charge on any atom is -0.394 e. The number of aliphatic hydroxyl groups excluding tert-OH is 1. The molecule has 1 amide bonds. The van der Waals surface area contributed by atoms with Gasteiger partial charge in [0.05, 0.1) is 41.4 Å². The highest BCUT2D eigenvalue weighted by atomic mass is 19.1. The third-order valence-electron chi connectivity index (χ3n) is 5.27. The van der Waals surface area contributed by atoms with Gasteiger partial charge in [0.15, 0.2) is 0 Å². The summed E-state index contributed by atoms with van der Waals surface area (Å²) in [5.41, 5.74) is 9.02. The van der Waals surface area contributed by atoms with E-state index in [9.17, 15) is 14.3 Å². The summed E-state index contributed by atoms with van der Waals surface area (Å²) in [6, 6.07) is 12.4. The number of anilines is 1. The minimum atomic E-state index is -0.751. The molecule has 0 aliphatic heterocycles. The highest BCUT2D eigenvalue weighted by Crippen LogP contribution is 2.30. The Morgan fingerprint density at radius 3 is 2.61 bits per heavy atom. The number of amides is 1. The van der Waals surface area contributed by atoms with Crippen LogP contribution in [0.1, 0.15) is 33.4 Å². The number of aromatic nitrogens is 3. The van der Waals surface area contributed by atoms with Gasteiger partial charge in [-0.15, -0.1) is 0 Å². The average molecular weight is 447 g/mol. The number of benzene rings is 2. The fourth-order valence-corrected chi connectivity index (χ4v) is 3.58. The Labute approximate surface area is 189 Å². The monoisotopic (exact) mass is 447 g/mol. The Morgan fingerprint density at radius 1 is 1.21 bits per heavy atom. The molecule has 168 valence electrons. The molecule has 1 atom stereocenters. The number of carbonyl (C=O) groups excluding carboxylic acids is 1. The van der Waals surface area contributed by atoms with Crippen molar-refractivity contribution in [2.75, 3.05) is 12.3 Å². The van der Waals surface area contributed by atoms with Gasteiger partial charge in [-0.25, -0.2) is 14.4 Å². The number of hydrogen-bond donors (Lipinski definition) is 3. The zero-order chi connectivity index (χ0) is 23.5. The molecule has 0 radical (unpaired) electrons. The number of nitrogens with two attached hydrogens (primary N) is 1. The lowest BCUT2D eigenvalue weighted by Crippen LogP contribution is -2.31. The number of rotatable bonds is 6. The average Bonchev–Trinajstić information content (AvgIpc) is 3.16. The second-order valence-electron chi connectivity index (χ2n) is 7.50. The lowest BCUT2D eigenvalue weighted by atomic mass is 10.0. The van der Waals surface area contributed by atoms with E-state index in [2.05, 4.69) is 20.4 Å².